The smallest absolute Gasteiger partial charge is 0.0866 e. The lowest BCUT2D eigenvalue weighted by Crippen LogP contribution is -1.87. The van der Waals surface area contributed by atoms with Crippen molar-refractivity contribution >= 4 is 10.8 Å². The van der Waals surface area contributed by atoms with E-state index in [-0.39, 0.29) is 0 Å². The fourth-order valence-corrected chi connectivity index (χ4v) is 1.59. The van der Waals surface area contributed by atoms with Gasteiger partial charge in [-0.05, 0) is 16.3 Å². The van der Waals surface area contributed by atoms with Gasteiger partial charge >= 0.3 is 0 Å². The average molecular weight is 182 g/mol. The second kappa shape index (κ2) is 3.93. The zero-order valence-corrected chi connectivity index (χ0v) is 7.98. The zero-order valence-electron chi connectivity index (χ0n) is 7.98. The molecule has 68 valence electrons. The second-order valence-corrected chi connectivity index (χ2v) is 3.34. The molecule has 0 unspecified atom stereocenters. The molecule has 0 saturated heterocycles. The Balaban J connectivity index is 2.37. The molecule has 0 bridgehead atoms. The van der Waals surface area contributed by atoms with E-state index in [4.69, 9.17) is 6.57 Å². The molecular weight excluding hydrogens is 170 g/mol. The van der Waals surface area contributed by atoms with Gasteiger partial charge in [-0.2, -0.15) is 0 Å². The molecule has 0 aliphatic heterocycles. The maximum atomic E-state index is 5.11. The number of nitrogens with zero attached hydrogens (tertiary/aromatic N) is 1. The van der Waals surface area contributed by atoms with Gasteiger partial charge in [0.25, 0.3) is 13.1 Å². The summed E-state index contributed by atoms with van der Waals surface area (Å²) in [6, 6.07) is 14.8. The first-order valence-electron chi connectivity index (χ1n) is 4.74. The molecule has 0 aliphatic carbocycles. The maximum Gasteiger partial charge on any atom is 0.267 e. The Labute approximate surface area is 83.8 Å². The Hall–Kier alpha value is -1.81. The van der Waals surface area contributed by atoms with Crippen LogP contribution in [-0.4, -0.2) is 6.54 Å². The molecule has 14 heavy (non-hydrogen) atoms. The molecule has 0 amide bonds. The Bertz CT molecular complexity index is 480. The van der Waals surface area contributed by atoms with E-state index in [1.165, 1.54) is 16.3 Å². The number of benzene rings is 2. The number of rotatable bonds is 2. The highest BCUT2D eigenvalue weighted by Gasteiger charge is 1.98. The van der Waals surface area contributed by atoms with Crippen LogP contribution in [-0.2, 0) is 6.42 Å². The van der Waals surface area contributed by atoms with Crippen molar-refractivity contribution in [1.29, 1.82) is 0 Å². The number of hydrogen-bond donors (Lipinski definition) is 0. The third kappa shape index (κ3) is 1.75. The molecule has 2 aromatic carbocycles. The maximum absolute atomic E-state index is 5.11. The molecule has 1 nitrogen and oxygen atoms in total. The van der Waals surface area contributed by atoms with E-state index < -0.39 is 0 Å². The van der Waals surface area contributed by atoms with E-state index in [0.29, 0.717) is 6.54 Å². The summed E-state index contributed by atoms with van der Waals surface area (Å²) in [7, 11) is 0. The first-order chi connectivity index (χ1) is 6.90. The van der Waals surface area contributed by atoms with Gasteiger partial charge in [0, 0.05) is 6.42 Å². The quantitative estimate of drug-likeness (QED) is 0.671. The molecule has 2 aromatic rings. The SMILES string of the molecule is C#[N+]CCc1ccc2ccccc2c1. The molecule has 1 heteroatoms. The van der Waals surface area contributed by atoms with Crippen LogP contribution >= 0.6 is 0 Å². The van der Waals surface area contributed by atoms with Gasteiger partial charge in [0.05, 0.1) is 0 Å². The molecule has 0 N–H and O–H groups in total. The van der Waals surface area contributed by atoms with Gasteiger partial charge in [-0.3, -0.25) is 0 Å². The Morgan fingerprint density at radius 3 is 2.57 bits per heavy atom. The van der Waals surface area contributed by atoms with Crippen molar-refractivity contribution in [3.8, 4) is 6.57 Å². The fourth-order valence-electron chi connectivity index (χ4n) is 1.59. The van der Waals surface area contributed by atoms with Crippen LogP contribution < -0.4 is 0 Å². The summed E-state index contributed by atoms with van der Waals surface area (Å²) in [5.74, 6) is 0. The van der Waals surface area contributed by atoms with Gasteiger partial charge < -0.3 is 0 Å². The summed E-state index contributed by atoms with van der Waals surface area (Å²) in [6.45, 7) is 5.81. The molecule has 0 radical (unpaired) electrons. The number of hydrogen-bond acceptors (Lipinski definition) is 0. The summed E-state index contributed by atoms with van der Waals surface area (Å²) >= 11 is 0. The van der Waals surface area contributed by atoms with Crippen LogP contribution in [0.15, 0.2) is 42.5 Å². The monoisotopic (exact) mass is 182 g/mol. The highest BCUT2D eigenvalue weighted by molar-refractivity contribution is 5.82. The minimum Gasteiger partial charge on any atom is -0.0866 e. The van der Waals surface area contributed by atoms with Crippen molar-refractivity contribution in [3.63, 3.8) is 0 Å². The predicted molar refractivity (Wildman–Crippen MR) is 60.8 cm³/mol. The van der Waals surface area contributed by atoms with E-state index >= 15 is 0 Å². The third-order valence-corrected chi connectivity index (χ3v) is 2.34. The minimum atomic E-state index is 0.693. The molecule has 0 spiro atoms. The largest absolute Gasteiger partial charge is 0.267 e. The topological polar surface area (TPSA) is 4.36 Å². The van der Waals surface area contributed by atoms with Gasteiger partial charge in [-0.25, -0.2) is 0 Å². The van der Waals surface area contributed by atoms with E-state index in [0.717, 1.165) is 6.42 Å². The first kappa shape index (κ1) is 8.77. The molecule has 0 fully saturated rings. The van der Waals surface area contributed by atoms with Crippen molar-refractivity contribution in [1.82, 2.24) is 0 Å². The van der Waals surface area contributed by atoms with Crippen molar-refractivity contribution in [3.05, 3.63) is 52.9 Å². The summed E-state index contributed by atoms with van der Waals surface area (Å²) in [4.78, 5) is 3.61. The predicted octanol–water partition coefficient (Wildman–Crippen LogP) is 3.35. The van der Waals surface area contributed by atoms with Crippen LogP contribution in [0.3, 0.4) is 0 Å². The van der Waals surface area contributed by atoms with Crippen LogP contribution in [0, 0.1) is 6.57 Å². The normalized spacial score (nSPS) is 9.93. The van der Waals surface area contributed by atoms with Crippen LogP contribution in [0.2, 0.25) is 0 Å². The second-order valence-electron chi connectivity index (χ2n) is 3.34. The summed E-state index contributed by atoms with van der Waals surface area (Å²) in [6.07, 6.45) is 0.918. The van der Waals surface area contributed by atoms with Crippen molar-refractivity contribution < 1.29 is 0 Å². The van der Waals surface area contributed by atoms with Crippen molar-refractivity contribution in [2.24, 2.45) is 0 Å². The Morgan fingerprint density at radius 1 is 1.00 bits per heavy atom. The molecule has 0 heterocycles. The Morgan fingerprint density at radius 2 is 1.79 bits per heavy atom. The van der Waals surface area contributed by atoms with E-state index in [9.17, 15) is 0 Å². The summed E-state index contributed by atoms with van der Waals surface area (Å²) in [5.41, 5.74) is 1.29. The molecule has 0 saturated carbocycles. The highest BCUT2D eigenvalue weighted by Crippen LogP contribution is 2.15. The molecule has 0 atom stereocenters. The Kier molecular flexibility index (Phi) is 2.46. The lowest BCUT2D eigenvalue weighted by atomic mass is 10.1. The minimum absolute atomic E-state index is 0.693. The van der Waals surface area contributed by atoms with Crippen molar-refractivity contribution in [2.45, 2.75) is 6.42 Å². The van der Waals surface area contributed by atoms with Crippen LogP contribution in [0.25, 0.3) is 15.6 Å². The third-order valence-electron chi connectivity index (χ3n) is 2.34. The molecular formula is C13H12N+. The lowest BCUT2D eigenvalue weighted by molar-refractivity contribution is 1.08. The van der Waals surface area contributed by atoms with Gasteiger partial charge in [-0.1, -0.05) is 47.3 Å². The van der Waals surface area contributed by atoms with Crippen molar-refractivity contribution in [2.75, 3.05) is 6.54 Å². The van der Waals surface area contributed by atoms with Gasteiger partial charge in [0.2, 0.25) is 0 Å². The van der Waals surface area contributed by atoms with Crippen LogP contribution in [0.4, 0.5) is 0 Å². The summed E-state index contributed by atoms with van der Waals surface area (Å²) < 4.78 is 0. The lowest BCUT2D eigenvalue weighted by Gasteiger charge is -1.99. The van der Waals surface area contributed by atoms with Gasteiger partial charge in [0.15, 0.2) is 0 Å². The van der Waals surface area contributed by atoms with Crippen LogP contribution in [0.5, 0.6) is 0 Å². The van der Waals surface area contributed by atoms with Crippen LogP contribution in [0.1, 0.15) is 5.56 Å². The van der Waals surface area contributed by atoms with E-state index in [2.05, 4.69) is 47.3 Å². The van der Waals surface area contributed by atoms with E-state index in [1.54, 1.807) is 0 Å². The average Bonchev–Trinajstić information content (AvgIpc) is 2.26. The van der Waals surface area contributed by atoms with Gasteiger partial charge in [-0.15, -0.1) is 0 Å². The van der Waals surface area contributed by atoms with E-state index in [1.807, 2.05) is 0 Å². The molecule has 0 aliphatic rings. The fraction of sp³-hybridized carbons (Fsp3) is 0.154. The number of fused-ring (bicyclic) bond motifs is 1. The zero-order chi connectivity index (χ0) is 9.80. The molecule has 0 aromatic heterocycles. The van der Waals surface area contributed by atoms with Gasteiger partial charge in [0.1, 0.15) is 0 Å². The highest BCUT2D eigenvalue weighted by atomic mass is 14.6. The summed E-state index contributed by atoms with van der Waals surface area (Å²) in [5, 5.41) is 2.56. The standard InChI is InChI=1S/C13H12N/c1-14-9-8-11-6-7-12-4-2-3-5-13(12)10-11/h1-7,10H,8-9H2/q+1. The first-order valence-corrected chi connectivity index (χ1v) is 4.74. The molecule has 2 rings (SSSR count).